The SMILES string of the molecule is CCC1CCCCC1NC(=O)C(CS)NC(C)=O. The van der Waals surface area contributed by atoms with Crippen LogP contribution in [0.25, 0.3) is 0 Å². The van der Waals surface area contributed by atoms with Crippen LogP contribution in [0.5, 0.6) is 0 Å². The van der Waals surface area contributed by atoms with Gasteiger partial charge < -0.3 is 10.6 Å². The van der Waals surface area contributed by atoms with Gasteiger partial charge in [0.15, 0.2) is 0 Å². The summed E-state index contributed by atoms with van der Waals surface area (Å²) >= 11 is 4.12. The third kappa shape index (κ3) is 4.52. The molecule has 5 heteroatoms. The molecule has 0 aromatic heterocycles. The highest BCUT2D eigenvalue weighted by Gasteiger charge is 2.27. The topological polar surface area (TPSA) is 58.2 Å². The second-order valence-electron chi connectivity index (χ2n) is 5.00. The number of amides is 2. The molecular formula is C13H24N2O2S. The van der Waals surface area contributed by atoms with Crippen LogP contribution >= 0.6 is 12.6 Å². The number of hydrogen-bond acceptors (Lipinski definition) is 3. The van der Waals surface area contributed by atoms with Gasteiger partial charge in [-0.05, 0) is 18.8 Å². The van der Waals surface area contributed by atoms with Crippen molar-refractivity contribution in [3.8, 4) is 0 Å². The molecule has 0 saturated heterocycles. The Balaban J connectivity index is 2.52. The van der Waals surface area contributed by atoms with E-state index in [0.717, 1.165) is 12.8 Å². The lowest BCUT2D eigenvalue weighted by Crippen LogP contribution is -2.52. The van der Waals surface area contributed by atoms with Gasteiger partial charge in [0.05, 0.1) is 0 Å². The molecule has 1 rings (SSSR count). The molecule has 0 spiro atoms. The molecule has 0 aromatic carbocycles. The summed E-state index contributed by atoms with van der Waals surface area (Å²) in [6.45, 7) is 3.58. The fraction of sp³-hybridized carbons (Fsp3) is 0.846. The monoisotopic (exact) mass is 272 g/mol. The van der Waals surface area contributed by atoms with E-state index in [-0.39, 0.29) is 17.9 Å². The van der Waals surface area contributed by atoms with Crippen LogP contribution in [-0.2, 0) is 9.59 Å². The highest BCUT2D eigenvalue weighted by molar-refractivity contribution is 7.80. The summed E-state index contributed by atoms with van der Waals surface area (Å²) in [6.07, 6.45) is 5.76. The predicted molar refractivity (Wildman–Crippen MR) is 75.6 cm³/mol. The first-order chi connectivity index (χ1) is 8.58. The molecule has 18 heavy (non-hydrogen) atoms. The molecule has 4 nitrogen and oxygen atoms in total. The lowest BCUT2D eigenvalue weighted by molar-refractivity contribution is -0.128. The van der Waals surface area contributed by atoms with Crippen molar-refractivity contribution in [1.82, 2.24) is 10.6 Å². The van der Waals surface area contributed by atoms with Crippen molar-refractivity contribution in [3.63, 3.8) is 0 Å². The van der Waals surface area contributed by atoms with E-state index in [1.807, 2.05) is 0 Å². The van der Waals surface area contributed by atoms with Gasteiger partial charge in [-0.25, -0.2) is 0 Å². The molecule has 0 aliphatic heterocycles. The standard InChI is InChI=1S/C13H24N2O2S/c1-3-10-6-4-5-7-11(10)15-13(17)12(8-18)14-9(2)16/h10-12,18H,3-8H2,1-2H3,(H,14,16)(H,15,17). The molecule has 104 valence electrons. The summed E-state index contributed by atoms with van der Waals surface area (Å²) in [4.78, 5) is 23.1. The molecule has 3 atom stereocenters. The van der Waals surface area contributed by atoms with Gasteiger partial charge in [0.2, 0.25) is 11.8 Å². The van der Waals surface area contributed by atoms with E-state index in [0.29, 0.717) is 11.7 Å². The molecule has 0 bridgehead atoms. The minimum atomic E-state index is -0.523. The average Bonchev–Trinajstić information content (AvgIpc) is 2.36. The quantitative estimate of drug-likeness (QED) is 0.664. The van der Waals surface area contributed by atoms with Crippen LogP contribution in [-0.4, -0.2) is 29.7 Å². The maximum absolute atomic E-state index is 12.1. The van der Waals surface area contributed by atoms with E-state index in [2.05, 4.69) is 30.2 Å². The third-order valence-electron chi connectivity index (χ3n) is 3.64. The van der Waals surface area contributed by atoms with Crippen molar-refractivity contribution in [3.05, 3.63) is 0 Å². The number of thiol groups is 1. The first-order valence-electron chi connectivity index (χ1n) is 6.76. The largest absolute Gasteiger partial charge is 0.351 e. The maximum Gasteiger partial charge on any atom is 0.243 e. The molecule has 1 aliphatic carbocycles. The highest BCUT2D eigenvalue weighted by Crippen LogP contribution is 2.26. The molecule has 0 heterocycles. The molecule has 2 N–H and O–H groups in total. The zero-order chi connectivity index (χ0) is 13.5. The summed E-state index contributed by atoms with van der Waals surface area (Å²) in [5, 5.41) is 5.70. The van der Waals surface area contributed by atoms with Crippen molar-refractivity contribution >= 4 is 24.4 Å². The number of hydrogen-bond donors (Lipinski definition) is 3. The maximum atomic E-state index is 12.1. The van der Waals surface area contributed by atoms with Crippen LogP contribution in [0.2, 0.25) is 0 Å². The summed E-state index contributed by atoms with van der Waals surface area (Å²) in [7, 11) is 0. The van der Waals surface area contributed by atoms with Crippen molar-refractivity contribution in [2.45, 2.75) is 58.0 Å². The zero-order valence-corrected chi connectivity index (χ0v) is 12.1. The Kier molecular flexibility index (Phi) is 6.54. The van der Waals surface area contributed by atoms with Gasteiger partial charge in [-0.3, -0.25) is 9.59 Å². The first kappa shape index (κ1) is 15.3. The number of rotatable bonds is 5. The van der Waals surface area contributed by atoms with Crippen LogP contribution in [0.1, 0.15) is 46.0 Å². The van der Waals surface area contributed by atoms with E-state index in [1.54, 1.807) is 0 Å². The number of carbonyl (C=O) groups is 2. The highest BCUT2D eigenvalue weighted by atomic mass is 32.1. The second kappa shape index (κ2) is 7.67. The summed E-state index contributed by atoms with van der Waals surface area (Å²) < 4.78 is 0. The molecule has 1 saturated carbocycles. The fourth-order valence-electron chi connectivity index (χ4n) is 2.61. The van der Waals surface area contributed by atoms with E-state index >= 15 is 0 Å². The molecule has 3 unspecified atom stereocenters. The van der Waals surface area contributed by atoms with Gasteiger partial charge in [0, 0.05) is 18.7 Å². The summed E-state index contributed by atoms with van der Waals surface area (Å²) in [5.41, 5.74) is 0. The first-order valence-corrected chi connectivity index (χ1v) is 7.40. The Morgan fingerprint density at radius 1 is 1.33 bits per heavy atom. The van der Waals surface area contributed by atoms with Crippen LogP contribution < -0.4 is 10.6 Å². The Morgan fingerprint density at radius 3 is 2.56 bits per heavy atom. The third-order valence-corrected chi connectivity index (χ3v) is 4.00. The predicted octanol–water partition coefficient (Wildman–Crippen LogP) is 1.51. The van der Waals surface area contributed by atoms with E-state index < -0.39 is 6.04 Å². The minimum absolute atomic E-state index is 0.106. The van der Waals surface area contributed by atoms with Gasteiger partial charge >= 0.3 is 0 Å². The molecule has 0 aromatic rings. The van der Waals surface area contributed by atoms with Gasteiger partial charge in [0.25, 0.3) is 0 Å². The van der Waals surface area contributed by atoms with Crippen LogP contribution in [0.4, 0.5) is 0 Å². The van der Waals surface area contributed by atoms with E-state index in [9.17, 15) is 9.59 Å². The van der Waals surface area contributed by atoms with Crippen molar-refractivity contribution in [1.29, 1.82) is 0 Å². The van der Waals surface area contributed by atoms with Gasteiger partial charge in [-0.2, -0.15) is 12.6 Å². The Morgan fingerprint density at radius 2 is 2.00 bits per heavy atom. The number of carbonyl (C=O) groups excluding carboxylic acids is 2. The van der Waals surface area contributed by atoms with Crippen molar-refractivity contribution < 1.29 is 9.59 Å². The van der Waals surface area contributed by atoms with Crippen LogP contribution in [0.3, 0.4) is 0 Å². The smallest absolute Gasteiger partial charge is 0.243 e. The lowest BCUT2D eigenvalue weighted by Gasteiger charge is -2.32. The average molecular weight is 272 g/mol. The molecule has 2 amide bonds. The summed E-state index contributed by atoms with van der Waals surface area (Å²) in [6, 6.07) is -0.266. The van der Waals surface area contributed by atoms with Crippen molar-refractivity contribution in [2.24, 2.45) is 5.92 Å². The molecular weight excluding hydrogens is 248 g/mol. The molecule has 1 aliphatic rings. The van der Waals surface area contributed by atoms with Crippen molar-refractivity contribution in [2.75, 3.05) is 5.75 Å². The second-order valence-corrected chi connectivity index (χ2v) is 5.37. The van der Waals surface area contributed by atoms with Crippen LogP contribution in [0.15, 0.2) is 0 Å². The van der Waals surface area contributed by atoms with E-state index in [1.165, 1.54) is 26.2 Å². The normalized spacial score (nSPS) is 25.3. The number of nitrogens with one attached hydrogen (secondary N) is 2. The Bertz CT molecular complexity index is 297. The summed E-state index contributed by atoms with van der Waals surface area (Å²) in [5.74, 6) is 0.598. The molecule has 0 radical (unpaired) electrons. The van der Waals surface area contributed by atoms with Crippen LogP contribution in [0, 0.1) is 5.92 Å². The lowest BCUT2D eigenvalue weighted by atomic mass is 9.83. The minimum Gasteiger partial charge on any atom is -0.351 e. The molecule has 1 fully saturated rings. The van der Waals surface area contributed by atoms with Gasteiger partial charge in [0.1, 0.15) is 6.04 Å². The Hall–Kier alpha value is -0.710. The fourth-order valence-corrected chi connectivity index (χ4v) is 2.87. The van der Waals surface area contributed by atoms with E-state index in [4.69, 9.17) is 0 Å². The van der Waals surface area contributed by atoms with Gasteiger partial charge in [-0.1, -0.05) is 26.2 Å². The zero-order valence-electron chi connectivity index (χ0n) is 11.2. The van der Waals surface area contributed by atoms with Gasteiger partial charge in [-0.15, -0.1) is 0 Å². The Labute approximate surface area is 115 Å².